The molecule has 0 saturated carbocycles. The Kier molecular flexibility index (Phi) is 9.14. The molecule has 144 valence electrons. The van der Waals surface area contributed by atoms with E-state index in [9.17, 15) is 9.90 Å². The van der Waals surface area contributed by atoms with Crippen molar-refractivity contribution in [1.82, 2.24) is 0 Å². The summed E-state index contributed by atoms with van der Waals surface area (Å²) in [6, 6.07) is 22.6. The summed E-state index contributed by atoms with van der Waals surface area (Å²) in [5, 5.41) is 9.62. The monoisotopic (exact) mass is 414 g/mol. The molecule has 0 aromatic heterocycles. The normalized spacial score (nSPS) is 9.97. The number of carbonyl (C=O) groups is 1. The van der Waals surface area contributed by atoms with Crippen LogP contribution in [0.3, 0.4) is 0 Å². The summed E-state index contributed by atoms with van der Waals surface area (Å²) in [6.07, 6.45) is 0. The second-order valence-electron chi connectivity index (χ2n) is 6.48. The summed E-state index contributed by atoms with van der Waals surface area (Å²) in [5.41, 5.74) is 3.43. The van der Waals surface area contributed by atoms with Crippen molar-refractivity contribution in [2.24, 2.45) is 0 Å². The third kappa shape index (κ3) is 6.56. The van der Waals surface area contributed by atoms with Gasteiger partial charge in [-0.15, -0.1) is 0 Å². The first-order valence-corrected chi connectivity index (χ1v) is 8.95. The molecule has 0 unspecified atom stereocenters. The molecule has 0 aliphatic rings. The Balaban J connectivity index is 0.00000300. The van der Waals surface area contributed by atoms with Crippen LogP contribution >= 0.6 is 0 Å². The number of allylic oxidation sites excluding steroid dienone is 1. The van der Waals surface area contributed by atoms with E-state index in [0.717, 1.165) is 16.7 Å². The molecule has 0 saturated heterocycles. The Labute approximate surface area is 213 Å². The van der Waals surface area contributed by atoms with Gasteiger partial charge in [0.05, 0.1) is 0 Å². The van der Waals surface area contributed by atoms with Crippen molar-refractivity contribution in [3.05, 3.63) is 102 Å². The molecule has 3 aromatic rings. The number of aromatic carboxylic acids is 1. The van der Waals surface area contributed by atoms with E-state index in [4.69, 9.17) is 9.47 Å². The molecule has 3 rings (SSSR count). The maximum absolute atomic E-state index is 11.7. The van der Waals surface area contributed by atoms with Crippen LogP contribution in [0.4, 0.5) is 0 Å². The Bertz CT molecular complexity index is 892. The van der Waals surface area contributed by atoms with Crippen LogP contribution in [0.5, 0.6) is 11.5 Å². The van der Waals surface area contributed by atoms with Crippen molar-refractivity contribution >= 4 is 62.9 Å². The van der Waals surface area contributed by atoms with Crippen molar-refractivity contribution in [1.29, 1.82) is 0 Å². The first-order valence-electron chi connectivity index (χ1n) is 8.95. The van der Waals surface area contributed by atoms with E-state index in [1.807, 2.05) is 67.6 Å². The standard InChI is InChI=1S/C24H22O4.K.H/c1-17(2)20-13-21(24(25)26)23(28-16-19-11-7-4-8-12-19)14-22(20)27-15-18-9-5-3-6-10-18;;/h3-14H,1,15-16H2,2H3,(H,25,26);;. The third-order valence-electron chi connectivity index (χ3n) is 4.25. The minimum atomic E-state index is -1.06. The van der Waals surface area contributed by atoms with Gasteiger partial charge in [-0.05, 0) is 29.7 Å². The van der Waals surface area contributed by atoms with Crippen molar-refractivity contribution in [2.45, 2.75) is 20.1 Å². The fraction of sp³-hybridized carbons (Fsp3) is 0.125. The average molecular weight is 415 g/mol. The van der Waals surface area contributed by atoms with Gasteiger partial charge in [0, 0.05) is 11.6 Å². The van der Waals surface area contributed by atoms with Crippen LogP contribution in [0.25, 0.3) is 5.57 Å². The zero-order valence-electron chi connectivity index (χ0n) is 15.7. The summed E-state index contributed by atoms with van der Waals surface area (Å²) < 4.78 is 11.8. The third-order valence-corrected chi connectivity index (χ3v) is 4.25. The summed E-state index contributed by atoms with van der Waals surface area (Å²) in [7, 11) is 0. The van der Waals surface area contributed by atoms with Gasteiger partial charge in [0.15, 0.2) is 0 Å². The van der Waals surface area contributed by atoms with Crippen LogP contribution in [0, 0.1) is 0 Å². The zero-order chi connectivity index (χ0) is 19.9. The van der Waals surface area contributed by atoms with Gasteiger partial charge in [-0.1, -0.05) is 67.2 Å². The van der Waals surface area contributed by atoms with E-state index in [1.54, 1.807) is 12.1 Å². The van der Waals surface area contributed by atoms with E-state index < -0.39 is 5.97 Å². The molecule has 4 nitrogen and oxygen atoms in total. The Hall–Kier alpha value is -1.89. The summed E-state index contributed by atoms with van der Waals surface area (Å²) >= 11 is 0. The van der Waals surface area contributed by atoms with Crippen LogP contribution in [-0.4, -0.2) is 62.5 Å². The number of carboxylic acid groups (broad SMARTS) is 1. The van der Waals surface area contributed by atoms with Gasteiger partial charge in [-0.25, -0.2) is 4.79 Å². The van der Waals surface area contributed by atoms with Crippen molar-refractivity contribution in [3.63, 3.8) is 0 Å². The van der Waals surface area contributed by atoms with E-state index >= 15 is 0 Å². The molecule has 3 aromatic carbocycles. The summed E-state index contributed by atoms with van der Waals surface area (Å²) in [6.45, 7) is 6.41. The molecule has 0 atom stereocenters. The van der Waals surface area contributed by atoms with Gasteiger partial charge < -0.3 is 14.6 Å². The average Bonchev–Trinajstić information content (AvgIpc) is 2.71. The second-order valence-corrected chi connectivity index (χ2v) is 6.48. The first-order chi connectivity index (χ1) is 13.5. The van der Waals surface area contributed by atoms with Gasteiger partial charge in [-0.2, -0.15) is 0 Å². The number of rotatable bonds is 8. The Morgan fingerprint density at radius 2 is 1.28 bits per heavy atom. The number of carboxylic acids is 1. The number of hydrogen-bond acceptors (Lipinski definition) is 3. The van der Waals surface area contributed by atoms with Crippen LogP contribution < -0.4 is 9.47 Å². The quantitative estimate of drug-likeness (QED) is 0.531. The molecule has 0 radical (unpaired) electrons. The van der Waals surface area contributed by atoms with Gasteiger partial charge in [0.1, 0.15) is 30.3 Å². The number of hydrogen-bond donors (Lipinski definition) is 1. The molecular formula is C24H23KO4. The minimum absolute atomic E-state index is 0. The zero-order valence-corrected chi connectivity index (χ0v) is 15.7. The topological polar surface area (TPSA) is 55.8 Å². The number of benzene rings is 3. The van der Waals surface area contributed by atoms with Crippen LogP contribution in [0.1, 0.15) is 34.0 Å². The van der Waals surface area contributed by atoms with Gasteiger partial charge in [-0.3, -0.25) is 0 Å². The van der Waals surface area contributed by atoms with Crippen LogP contribution in [0.15, 0.2) is 79.4 Å². The molecule has 1 N–H and O–H groups in total. The van der Waals surface area contributed by atoms with Crippen LogP contribution in [-0.2, 0) is 13.2 Å². The number of ether oxygens (including phenoxy) is 2. The Morgan fingerprint density at radius 1 is 0.828 bits per heavy atom. The van der Waals surface area contributed by atoms with E-state index in [1.165, 1.54) is 0 Å². The first kappa shape index (κ1) is 23.4. The predicted molar refractivity (Wildman–Crippen MR) is 117 cm³/mol. The molecule has 0 spiro atoms. The van der Waals surface area contributed by atoms with E-state index in [0.29, 0.717) is 17.9 Å². The van der Waals surface area contributed by atoms with Gasteiger partial charge >= 0.3 is 57.4 Å². The molecule has 0 aliphatic heterocycles. The predicted octanol–water partition coefficient (Wildman–Crippen LogP) is 4.93. The Morgan fingerprint density at radius 3 is 1.69 bits per heavy atom. The van der Waals surface area contributed by atoms with E-state index in [2.05, 4.69) is 6.58 Å². The molecule has 0 bridgehead atoms. The molecule has 0 heterocycles. The molecule has 29 heavy (non-hydrogen) atoms. The maximum atomic E-state index is 11.7. The molecule has 0 aliphatic carbocycles. The fourth-order valence-electron chi connectivity index (χ4n) is 2.77. The van der Waals surface area contributed by atoms with Crippen molar-refractivity contribution < 1.29 is 19.4 Å². The fourth-order valence-corrected chi connectivity index (χ4v) is 2.77. The van der Waals surface area contributed by atoms with Crippen molar-refractivity contribution in [3.8, 4) is 11.5 Å². The summed E-state index contributed by atoms with van der Waals surface area (Å²) in [4.78, 5) is 11.7. The molecule has 5 heteroatoms. The van der Waals surface area contributed by atoms with Crippen LogP contribution in [0.2, 0.25) is 0 Å². The molecular weight excluding hydrogens is 391 g/mol. The molecule has 0 fully saturated rings. The van der Waals surface area contributed by atoms with Crippen molar-refractivity contribution in [2.75, 3.05) is 0 Å². The van der Waals surface area contributed by atoms with Gasteiger partial charge in [0.2, 0.25) is 0 Å². The van der Waals surface area contributed by atoms with E-state index in [-0.39, 0.29) is 69.3 Å². The van der Waals surface area contributed by atoms with Gasteiger partial charge in [0.25, 0.3) is 0 Å². The summed E-state index contributed by atoms with van der Waals surface area (Å²) in [5.74, 6) is -0.242. The molecule has 0 amide bonds. The second kappa shape index (κ2) is 11.3. The SMILES string of the molecule is C=C(C)c1cc(C(=O)O)c(OCc2ccccc2)cc1OCc1ccccc1.[KH].